The Bertz CT molecular complexity index is 743. The summed E-state index contributed by atoms with van der Waals surface area (Å²) >= 11 is 6.37. The van der Waals surface area contributed by atoms with Crippen LogP contribution >= 0.6 is 11.6 Å². The van der Waals surface area contributed by atoms with Gasteiger partial charge in [0.25, 0.3) is 5.91 Å². The van der Waals surface area contributed by atoms with Crippen molar-refractivity contribution >= 4 is 23.2 Å². The Balaban J connectivity index is 2.05. The summed E-state index contributed by atoms with van der Waals surface area (Å²) in [7, 11) is 1.56. The van der Waals surface area contributed by atoms with Crippen LogP contribution in [0.5, 0.6) is 11.5 Å². The molecule has 0 aromatic heterocycles. The predicted octanol–water partition coefficient (Wildman–Crippen LogP) is 4.25. The van der Waals surface area contributed by atoms with E-state index in [4.69, 9.17) is 21.1 Å². The standard InChI is InChI=1S/C20H25ClN2O3/c1-20(2,3)23-19(24)13-26-18-11-16(21)14(10-17(18)25-4)12-22-15-8-6-5-7-9-15/h5-11,22H,12-13H2,1-4H3,(H,23,24). The number of carbonyl (C=O) groups is 1. The fourth-order valence-electron chi connectivity index (χ4n) is 2.34. The third-order valence-electron chi connectivity index (χ3n) is 3.46. The lowest BCUT2D eigenvalue weighted by Crippen LogP contribution is -2.43. The van der Waals surface area contributed by atoms with Gasteiger partial charge in [-0.1, -0.05) is 29.8 Å². The first-order valence-electron chi connectivity index (χ1n) is 8.37. The molecule has 1 amide bonds. The number of rotatable bonds is 7. The molecule has 5 nitrogen and oxygen atoms in total. The van der Waals surface area contributed by atoms with Crippen molar-refractivity contribution in [1.82, 2.24) is 5.32 Å². The lowest BCUT2D eigenvalue weighted by Gasteiger charge is -2.21. The first kappa shape index (κ1) is 19.9. The molecule has 0 spiro atoms. The summed E-state index contributed by atoms with van der Waals surface area (Å²) in [6, 6.07) is 13.3. The molecule has 0 radical (unpaired) electrons. The van der Waals surface area contributed by atoms with E-state index in [0.717, 1.165) is 11.3 Å². The number of carbonyl (C=O) groups excluding carboxylic acids is 1. The zero-order valence-corrected chi connectivity index (χ0v) is 16.3. The quantitative estimate of drug-likeness (QED) is 0.758. The van der Waals surface area contributed by atoms with E-state index in [1.165, 1.54) is 0 Å². The van der Waals surface area contributed by atoms with Gasteiger partial charge in [-0.3, -0.25) is 4.79 Å². The van der Waals surface area contributed by atoms with Crippen molar-refractivity contribution in [2.75, 3.05) is 19.0 Å². The van der Waals surface area contributed by atoms with Crippen molar-refractivity contribution in [2.24, 2.45) is 0 Å². The van der Waals surface area contributed by atoms with Crippen molar-refractivity contribution in [3.63, 3.8) is 0 Å². The predicted molar refractivity (Wildman–Crippen MR) is 105 cm³/mol. The SMILES string of the molecule is COc1cc(CNc2ccccc2)c(Cl)cc1OCC(=O)NC(C)(C)C. The van der Waals surface area contributed by atoms with Crippen molar-refractivity contribution < 1.29 is 14.3 Å². The fraction of sp³-hybridized carbons (Fsp3) is 0.350. The molecule has 2 aromatic carbocycles. The van der Waals surface area contributed by atoms with Gasteiger partial charge in [0.1, 0.15) is 0 Å². The number of nitrogens with one attached hydrogen (secondary N) is 2. The van der Waals surface area contributed by atoms with Gasteiger partial charge in [-0.05, 0) is 44.5 Å². The Labute approximate surface area is 159 Å². The number of amides is 1. The zero-order chi connectivity index (χ0) is 19.2. The second-order valence-corrected chi connectivity index (χ2v) is 7.31. The molecule has 2 rings (SSSR count). The number of benzene rings is 2. The number of halogens is 1. The zero-order valence-electron chi connectivity index (χ0n) is 15.6. The largest absolute Gasteiger partial charge is 0.493 e. The van der Waals surface area contributed by atoms with E-state index in [0.29, 0.717) is 23.1 Å². The maximum absolute atomic E-state index is 11.9. The summed E-state index contributed by atoms with van der Waals surface area (Å²) in [5.74, 6) is 0.762. The van der Waals surface area contributed by atoms with Gasteiger partial charge in [0.05, 0.1) is 7.11 Å². The molecule has 2 N–H and O–H groups in total. The average Bonchev–Trinajstić information content (AvgIpc) is 2.58. The van der Waals surface area contributed by atoms with Gasteiger partial charge < -0.3 is 20.1 Å². The fourth-order valence-corrected chi connectivity index (χ4v) is 2.56. The molecule has 2 aromatic rings. The second-order valence-electron chi connectivity index (χ2n) is 6.90. The second kappa shape index (κ2) is 8.81. The monoisotopic (exact) mass is 376 g/mol. The molecule has 0 aliphatic carbocycles. The molecule has 0 saturated carbocycles. The lowest BCUT2D eigenvalue weighted by molar-refractivity contribution is -0.124. The van der Waals surface area contributed by atoms with Crippen molar-refractivity contribution in [1.29, 1.82) is 0 Å². The summed E-state index contributed by atoms with van der Waals surface area (Å²) in [6.07, 6.45) is 0. The van der Waals surface area contributed by atoms with Crippen LogP contribution in [0.15, 0.2) is 42.5 Å². The number of methoxy groups -OCH3 is 1. The molecular formula is C20H25ClN2O3. The van der Waals surface area contributed by atoms with Crippen LogP contribution in [0.2, 0.25) is 5.02 Å². The molecule has 0 fully saturated rings. The van der Waals surface area contributed by atoms with E-state index in [9.17, 15) is 4.79 Å². The van der Waals surface area contributed by atoms with Crippen LogP contribution in [0.3, 0.4) is 0 Å². The Morgan fingerprint density at radius 3 is 2.42 bits per heavy atom. The van der Waals surface area contributed by atoms with Crippen LogP contribution in [0.1, 0.15) is 26.3 Å². The number of ether oxygens (including phenoxy) is 2. The summed E-state index contributed by atoms with van der Waals surface area (Å²) < 4.78 is 11.0. The van der Waals surface area contributed by atoms with Gasteiger partial charge in [-0.2, -0.15) is 0 Å². The number of hydrogen-bond donors (Lipinski definition) is 2. The molecule has 0 atom stereocenters. The Kier molecular flexibility index (Phi) is 6.75. The maximum Gasteiger partial charge on any atom is 0.258 e. The molecular weight excluding hydrogens is 352 g/mol. The molecule has 26 heavy (non-hydrogen) atoms. The van der Waals surface area contributed by atoms with Gasteiger partial charge >= 0.3 is 0 Å². The highest BCUT2D eigenvalue weighted by Crippen LogP contribution is 2.33. The maximum atomic E-state index is 11.9. The van der Waals surface area contributed by atoms with Crippen molar-refractivity contribution in [3.05, 3.63) is 53.1 Å². The molecule has 0 saturated heterocycles. The van der Waals surface area contributed by atoms with E-state index in [1.54, 1.807) is 13.2 Å². The minimum Gasteiger partial charge on any atom is -0.493 e. The van der Waals surface area contributed by atoms with Crippen LogP contribution in [-0.2, 0) is 11.3 Å². The van der Waals surface area contributed by atoms with Crippen molar-refractivity contribution in [3.8, 4) is 11.5 Å². The summed E-state index contributed by atoms with van der Waals surface area (Å²) in [4.78, 5) is 11.9. The highest BCUT2D eigenvalue weighted by molar-refractivity contribution is 6.31. The average molecular weight is 377 g/mol. The molecule has 0 aliphatic rings. The Morgan fingerprint density at radius 1 is 1.12 bits per heavy atom. The van der Waals surface area contributed by atoms with Crippen LogP contribution in [-0.4, -0.2) is 25.2 Å². The molecule has 0 heterocycles. The van der Waals surface area contributed by atoms with Gasteiger partial charge in [0, 0.05) is 28.9 Å². The van der Waals surface area contributed by atoms with Crippen LogP contribution < -0.4 is 20.1 Å². The normalized spacial score (nSPS) is 11.0. The summed E-state index contributed by atoms with van der Waals surface area (Å²) in [6.45, 7) is 6.18. The van der Waals surface area contributed by atoms with Crippen molar-refractivity contribution in [2.45, 2.75) is 32.9 Å². The smallest absolute Gasteiger partial charge is 0.258 e. The van der Waals surface area contributed by atoms with Crippen LogP contribution in [0, 0.1) is 0 Å². The third-order valence-corrected chi connectivity index (χ3v) is 3.81. The molecule has 140 valence electrons. The minimum atomic E-state index is -0.310. The number of hydrogen-bond acceptors (Lipinski definition) is 4. The van der Waals surface area contributed by atoms with Crippen LogP contribution in [0.4, 0.5) is 5.69 Å². The van der Waals surface area contributed by atoms with E-state index in [2.05, 4.69) is 10.6 Å². The van der Waals surface area contributed by atoms with Gasteiger partial charge in [-0.15, -0.1) is 0 Å². The molecule has 6 heteroatoms. The van der Waals surface area contributed by atoms with Gasteiger partial charge in [0.2, 0.25) is 0 Å². The molecule has 0 bridgehead atoms. The Morgan fingerprint density at radius 2 is 1.81 bits per heavy atom. The highest BCUT2D eigenvalue weighted by atomic mass is 35.5. The number of para-hydroxylation sites is 1. The Hall–Kier alpha value is -2.40. The first-order valence-corrected chi connectivity index (χ1v) is 8.75. The summed E-state index contributed by atoms with van der Waals surface area (Å²) in [5.41, 5.74) is 1.57. The van der Waals surface area contributed by atoms with E-state index >= 15 is 0 Å². The lowest BCUT2D eigenvalue weighted by atomic mass is 10.1. The highest BCUT2D eigenvalue weighted by Gasteiger charge is 2.16. The van der Waals surface area contributed by atoms with E-state index < -0.39 is 0 Å². The van der Waals surface area contributed by atoms with E-state index in [-0.39, 0.29) is 18.1 Å². The van der Waals surface area contributed by atoms with Crippen LogP contribution in [0.25, 0.3) is 0 Å². The molecule has 0 aliphatic heterocycles. The third kappa shape index (κ3) is 6.15. The van der Waals surface area contributed by atoms with Gasteiger partial charge in [-0.25, -0.2) is 0 Å². The minimum absolute atomic E-state index is 0.106. The number of anilines is 1. The summed E-state index contributed by atoms with van der Waals surface area (Å²) in [5, 5.41) is 6.69. The van der Waals surface area contributed by atoms with E-state index in [1.807, 2.05) is 57.2 Å². The molecule has 0 unspecified atom stereocenters. The first-order chi connectivity index (χ1) is 12.3. The topological polar surface area (TPSA) is 59.6 Å². The van der Waals surface area contributed by atoms with Gasteiger partial charge in [0.15, 0.2) is 18.1 Å².